The molecule has 0 aromatic heterocycles. The summed E-state index contributed by atoms with van der Waals surface area (Å²) in [4.78, 5) is 12.6. The number of anilines is 1. The Balaban J connectivity index is 1.76. The Hall–Kier alpha value is -1.51. The fourth-order valence-electron chi connectivity index (χ4n) is 2.95. The van der Waals surface area contributed by atoms with Crippen molar-refractivity contribution in [1.29, 1.82) is 0 Å². The molecule has 2 saturated carbocycles. The lowest BCUT2D eigenvalue weighted by atomic mass is 10.0. The van der Waals surface area contributed by atoms with Gasteiger partial charge in [-0.1, -0.05) is 11.6 Å². The Morgan fingerprint density at radius 1 is 1.25 bits per heavy atom. The molecule has 3 rings (SSSR count). The zero-order chi connectivity index (χ0) is 14.1. The van der Waals surface area contributed by atoms with Crippen LogP contribution < -0.4 is 10.6 Å². The van der Waals surface area contributed by atoms with Gasteiger partial charge in [-0.05, 0) is 63.5 Å². The van der Waals surface area contributed by atoms with Crippen molar-refractivity contribution in [2.75, 3.05) is 11.9 Å². The van der Waals surface area contributed by atoms with Crippen LogP contribution in [0.4, 0.5) is 5.69 Å². The van der Waals surface area contributed by atoms with E-state index in [1.807, 2.05) is 25.1 Å². The molecule has 108 valence electrons. The Bertz CT molecular complexity index is 492. The average molecular weight is 272 g/mol. The maximum atomic E-state index is 12.6. The van der Waals surface area contributed by atoms with Gasteiger partial charge in [-0.15, -0.1) is 0 Å². The van der Waals surface area contributed by atoms with E-state index in [4.69, 9.17) is 0 Å². The number of aryl methyl sites for hydroxylation is 1. The van der Waals surface area contributed by atoms with Crippen LogP contribution in [0.15, 0.2) is 18.2 Å². The molecule has 1 aromatic rings. The minimum atomic E-state index is 0.0912. The highest BCUT2D eigenvalue weighted by molar-refractivity contribution is 6.00. The van der Waals surface area contributed by atoms with Gasteiger partial charge >= 0.3 is 0 Å². The standard InChI is InChI=1S/C17H24N2O/c1-3-18-15-9-4-11(2)10-14(15)17(20)19-16(12-5-6-12)13-7-8-13/h4,9-10,12-13,16,18H,3,5-8H2,1-2H3,(H,19,20). The molecule has 0 heterocycles. The predicted molar refractivity (Wildman–Crippen MR) is 82.0 cm³/mol. The van der Waals surface area contributed by atoms with E-state index < -0.39 is 0 Å². The molecule has 2 aliphatic rings. The van der Waals surface area contributed by atoms with Crippen LogP contribution in [0, 0.1) is 18.8 Å². The van der Waals surface area contributed by atoms with Crippen LogP contribution in [0.1, 0.15) is 48.5 Å². The molecule has 0 aliphatic heterocycles. The van der Waals surface area contributed by atoms with Crippen molar-refractivity contribution in [3.8, 4) is 0 Å². The van der Waals surface area contributed by atoms with Gasteiger partial charge in [0.05, 0.1) is 5.56 Å². The number of hydrogen-bond donors (Lipinski definition) is 2. The summed E-state index contributed by atoms with van der Waals surface area (Å²) in [6.45, 7) is 4.92. The molecule has 0 unspecified atom stereocenters. The molecular weight excluding hydrogens is 248 g/mol. The lowest BCUT2D eigenvalue weighted by Gasteiger charge is -2.19. The Morgan fingerprint density at radius 2 is 1.90 bits per heavy atom. The first-order valence-corrected chi connectivity index (χ1v) is 7.84. The number of nitrogens with one attached hydrogen (secondary N) is 2. The van der Waals surface area contributed by atoms with Crippen LogP contribution >= 0.6 is 0 Å². The molecule has 0 atom stereocenters. The smallest absolute Gasteiger partial charge is 0.253 e. The van der Waals surface area contributed by atoms with Crippen LogP contribution in [0.3, 0.4) is 0 Å². The highest BCUT2D eigenvalue weighted by atomic mass is 16.1. The van der Waals surface area contributed by atoms with E-state index in [0.29, 0.717) is 6.04 Å². The van der Waals surface area contributed by atoms with Gasteiger partial charge in [0.25, 0.3) is 5.91 Å². The maximum Gasteiger partial charge on any atom is 0.253 e. The number of benzene rings is 1. The largest absolute Gasteiger partial charge is 0.385 e. The molecule has 3 nitrogen and oxygen atoms in total. The lowest BCUT2D eigenvalue weighted by Crippen LogP contribution is -2.38. The van der Waals surface area contributed by atoms with Crippen LogP contribution in [0.2, 0.25) is 0 Å². The number of rotatable bonds is 6. The van der Waals surface area contributed by atoms with Crippen molar-refractivity contribution in [2.24, 2.45) is 11.8 Å². The minimum absolute atomic E-state index is 0.0912. The Morgan fingerprint density at radius 3 is 2.45 bits per heavy atom. The third-order valence-corrected chi connectivity index (χ3v) is 4.34. The van der Waals surface area contributed by atoms with Crippen molar-refractivity contribution < 1.29 is 4.79 Å². The topological polar surface area (TPSA) is 41.1 Å². The fourth-order valence-corrected chi connectivity index (χ4v) is 2.95. The Kier molecular flexibility index (Phi) is 3.68. The van der Waals surface area contributed by atoms with E-state index in [1.165, 1.54) is 25.7 Å². The molecule has 20 heavy (non-hydrogen) atoms. The molecule has 2 N–H and O–H groups in total. The number of amides is 1. The summed E-state index contributed by atoms with van der Waals surface area (Å²) in [5, 5.41) is 6.59. The number of carbonyl (C=O) groups is 1. The molecule has 2 fully saturated rings. The van der Waals surface area contributed by atoms with Crippen molar-refractivity contribution in [1.82, 2.24) is 5.32 Å². The van der Waals surface area contributed by atoms with Gasteiger partial charge in [0.2, 0.25) is 0 Å². The first-order valence-electron chi connectivity index (χ1n) is 7.84. The third-order valence-electron chi connectivity index (χ3n) is 4.34. The first-order chi connectivity index (χ1) is 9.69. The van der Waals surface area contributed by atoms with Crippen LogP contribution in [-0.2, 0) is 0 Å². The van der Waals surface area contributed by atoms with Crippen molar-refractivity contribution in [2.45, 2.75) is 45.6 Å². The van der Waals surface area contributed by atoms with Crippen molar-refractivity contribution in [3.63, 3.8) is 0 Å². The van der Waals surface area contributed by atoms with E-state index in [-0.39, 0.29) is 5.91 Å². The van der Waals surface area contributed by atoms with Gasteiger partial charge in [-0.2, -0.15) is 0 Å². The van der Waals surface area contributed by atoms with E-state index in [9.17, 15) is 4.79 Å². The predicted octanol–water partition coefficient (Wildman–Crippen LogP) is 3.35. The van der Waals surface area contributed by atoms with Gasteiger partial charge in [-0.25, -0.2) is 0 Å². The third kappa shape index (κ3) is 2.97. The molecule has 0 spiro atoms. The first kappa shape index (κ1) is 13.5. The van der Waals surface area contributed by atoms with Crippen LogP contribution in [-0.4, -0.2) is 18.5 Å². The highest BCUT2D eigenvalue weighted by Crippen LogP contribution is 2.44. The quantitative estimate of drug-likeness (QED) is 0.834. The van der Waals surface area contributed by atoms with E-state index >= 15 is 0 Å². The molecule has 0 saturated heterocycles. The summed E-state index contributed by atoms with van der Waals surface area (Å²) >= 11 is 0. The zero-order valence-electron chi connectivity index (χ0n) is 12.4. The summed E-state index contributed by atoms with van der Waals surface area (Å²) in [6.07, 6.45) is 5.15. The molecule has 3 heteroatoms. The van der Waals surface area contributed by atoms with E-state index in [2.05, 4.69) is 17.6 Å². The SMILES string of the molecule is CCNc1ccc(C)cc1C(=O)NC(C1CC1)C1CC1. The molecule has 1 aromatic carbocycles. The molecule has 0 radical (unpaired) electrons. The molecular formula is C17H24N2O. The second-order valence-corrected chi connectivity index (χ2v) is 6.25. The summed E-state index contributed by atoms with van der Waals surface area (Å²) in [5.74, 6) is 1.56. The average Bonchev–Trinajstić information content (AvgIpc) is 3.29. The van der Waals surface area contributed by atoms with Gasteiger partial charge < -0.3 is 10.6 Å². The van der Waals surface area contributed by atoms with E-state index in [1.54, 1.807) is 0 Å². The second kappa shape index (κ2) is 5.47. The lowest BCUT2D eigenvalue weighted by molar-refractivity contribution is 0.0927. The van der Waals surface area contributed by atoms with E-state index in [0.717, 1.165) is 35.2 Å². The summed E-state index contributed by atoms with van der Waals surface area (Å²) < 4.78 is 0. The zero-order valence-corrected chi connectivity index (χ0v) is 12.4. The molecule has 1 amide bonds. The molecule has 0 bridgehead atoms. The van der Waals surface area contributed by atoms with Gasteiger partial charge in [0.1, 0.15) is 0 Å². The molecule has 2 aliphatic carbocycles. The van der Waals surface area contributed by atoms with Crippen molar-refractivity contribution >= 4 is 11.6 Å². The monoisotopic (exact) mass is 272 g/mol. The maximum absolute atomic E-state index is 12.6. The fraction of sp³-hybridized carbons (Fsp3) is 0.588. The number of carbonyl (C=O) groups excluding carboxylic acids is 1. The Labute approximate surface area is 121 Å². The van der Waals surface area contributed by atoms with Crippen LogP contribution in [0.5, 0.6) is 0 Å². The normalized spacial score (nSPS) is 18.1. The highest BCUT2D eigenvalue weighted by Gasteiger charge is 2.42. The van der Waals surface area contributed by atoms with Gasteiger partial charge in [0.15, 0.2) is 0 Å². The number of hydrogen-bond acceptors (Lipinski definition) is 2. The van der Waals surface area contributed by atoms with Crippen molar-refractivity contribution in [3.05, 3.63) is 29.3 Å². The van der Waals surface area contributed by atoms with Crippen LogP contribution in [0.25, 0.3) is 0 Å². The van der Waals surface area contributed by atoms with Gasteiger partial charge in [-0.3, -0.25) is 4.79 Å². The summed E-state index contributed by atoms with van der Waals surface area (Å²) in [6, 6.07) is 6.47. The summed E-state index contributed by atoms with van der Waals surface area (Å²) in [5.41, 5.74) is 2.87. The second-order valence-electron chi connectivity index (χ2n) is 6.25. The minimum Gasteiger partial charge on any atom is -0.385 e. The summed E-state index contributed by atoms with van der Waals surface area (Å²) in [7, 11) is 0. The van der Waals surface area contributed by atoms with Gasteiger partial charge in [0, 0.05) is 18.3 Å².